The maximum Gasteiger partial charge on any atom is 0.244 e. The minimum atomic E-state index is -4.11. The van der Waals surface area contributed by atoms with Gasteiger partial charge in [0.15, 0.2) is 0 Å². The van der Waals surface area contributed by atoms with E-state index in [1.54, 1.807) is 0 Å². The Hall–Kier alpha value is -1.67. The minimum Gasteiger partial charge on any atom is -0.399 e. The molecule has 6 nitrogen and oxygen atoms in total. The Bertz CT molecular complexity index is 588. The van der Waals surface area contributed by atoms with Crippen LogP contribution in [0.5, 0.6) is 0 Å². The van der Waals surface area contributed by atoms with Crippen molar-refractivity contribution in [2.75, 3.05) is 18.8 Å². The lowest BCUT2D eigenvalue weighted by Gasteiger charge is -2.10. The van der Waals surface area contributed by atoms with E-state index in [1.807, 2.05) is 18.6 Å². The van der Waals surface area contributed by atoms with E-state index in [2.05, 4.69) is 5.32 Å². The molecule has 0 aliphatic heterocycles. The van der Waals surface area contributed by atoms with Gasteiger partial charge in [0.05, 0.1) is 6.54 Å². The molecule has 0 bridgehead atoms. The molecular formula is C12H18FN3O3S. The smallest absolute Gasteiger partial charge is 0.244 e. The highest BCUT2D eigenvalue weighted by Gasteiger charge is 2.20. The van der Waals surface area contributed by atoms with Crippen LogP contribution in [0, 0.1) is 11.7 Å². The highest BCUT2D eigenvalue weighted by Crippen LogP contribution is 2.17. The zero-order valence-corrected chi connectivity index (χ0v) is 12.1. The van der Waals surface area contributed by atoms with Gasteiger partial charge in [-0.05, 0) is 24.1 Å². The number of hydrogen-bond donors (Lipinski definition) is 3. The van der Waals surface area contributed by atoms with Gasteiger partial charge < -0.3 is 11.1 Å². The van der Waals surface area contributed by atoms with Crippen molar-refractivity contribution >= 4 is 21.6 Å². The summed E-state index contributed by atoms with van der Waals surface area (Å²) >= 11 is 0. The normalized spacial score (nSPS) is 11.6. The van der Waals surface area contributed by atoms with E-state index in [1.165, 1.54) is 6.07 Å². The predicted octanol–water partition coefficient (Wildman–Crippen LogP) is 0.458. The molecule has 1 aromatic carbocycles. The summed E-state index contributed by atoms with van der Waals surface area (Å²) in [5.74, 6) is -1.15. The lowest BCUT2D eigenvalue weighted by atomic mass is 10.2. The standard InChI is InChI=1S/C12H18FN3O3S/c1-8(2)6-15-12(17)7-16-20(18,19)11-5-9(14)3-4-10(11)13/h3-5,8,16H,6-7,14H2,1-2H3,(H,15,17). The summed E-state index contributed by atoms with van der Waals surface area (Å²) in [5, 5.41) is 2.55. The molecule has 0 saturated carbocycles. The number of nitrogens with two attached hydrogens (primary N) is 1. The molecule has 0 unspecified atom stereocenters. The number of rotatable bonds is 6. The second kappa shape index (κ2) is 6.67. The average molecular weight is 303 g/mol. The quantitative estimate of drug-likeness (QED) is 0.664. The maximum atomic E-state index is 13.5. The van der Waals surface area contributed by atoms with Crippen LogP contribution < -0.4 is 15.8 Å². The zero-order valence-electron chi connectivity index (χ0n) is 11.3. The Morgan fingerprint density at radius 2 is 2.05 bits per heavy atom. The van der Waals surface area contributed by atoms with Crippen LogP contribution in [0.3, 0.4) is 0 Å². The van der Waals surface area contributed by atoms with Gasteiger partial charge in [0.2, 0.25) is 15.9 Å². The molecule has 8 heteroatoms. The summed E-state index contributed by atoms with van der Waals surface area (Å²) in [5.41, 5.74) is 5.54. The third-order valence-corrected chi connectivity index (χ3v) is 3.79. The van der Waals surface area contributed by atoms with Crippen molar-refractivity contribution in [3.63, 3.8) is 0 Å². The first kappa shape index (κ1) is 16.4. The second-order valence-corrected chi connectivity index (χ2v) is 6.45. The van der Waals surface area contributed by atoms with E-state index in [0.717, 1.165) is 12.1 Å². The molecule has 0 saturated heterocycles. The van der Waals surface area contributed by atoms with Crippen LogP contribution in [0.1, 0.15) is 13.8 Å². The fraction of sp³-hybridized carbons (Fsp3) is 0.417. The number of carbonyl (C=O) groups excluding carboxylic acids is 1. The molecular weight excluding hydrogens is 285 g/mol. The van der Waals surface area contributed by atoms with Gasteiger partial charge in [0.1, 0.15) is 10.7 Å². The number of hydrogen-bond acceptors (Lipinski definition) is 4. The van der Waals surface area contributed by atoms with Crippen molar-refractivity contribution in [2.24, 2.45) is 5.92 Å². The van der Waals surface area contributed by atoms with Crippen molar-refractivity contribution < 1.29 is 17.6 Å². The van der Waals surface area contributed by atoms with E-state index in [4.69, 9.17) is 5.73 Å². The lowest BCUT2D eigenvalue weighted by molar-refractivity contribution is -0.120. The van der Waals surface area contributed by atoms with Crippen molar-refractivity contribution in [3.05, 3.63) is 24.0 Å². The van der Waals surface area contributed by atoms with Crippen LogP contribution >= 0.6 is 0 Å². The van der Waals surface area contributed by atoms with Crippen molar-refractivity contribution in [2.45, 2.75) is 18.7 Å². The Morgan fingerprint density at radius 3 is 2.65 bits per heavy atom. The summed E-state index contributed by atoms with van der Waals surface area (Å²) < 4.78 is 39.2. The Balaban J connectivity index is 2.71. The first-order valence-corrected chi connectivity index (χ1v) is 7.52. The second-order valence-electron chi connectivity index (χ2n) is 4.71. The van der Waals surface area contributed by atoms with Crippen LogP contribution in [0.4, 0.5) is 10.1 Å². The van der Waals surface area contributed by atoms with Crippen LogP contribution in [0.2, 0.25) is 0 Å². The average Bonchev–Trinajstić information content (AvgIpc) is 2.36. The molecule has 0 fully saturated rings. The Labute approximate surface area is 117 Å². The van der Waals surface area contributed by atoms with Gasteiger partial charge in [0, 0.05) is 12.2 Å². The van der Waals surface area contributed by atoms with Crippen molar-refractivity contribution in [1.29, 1.82) is 0 Å². The fourth-order valence-electron chi connectivity index (χ4n) is 1.34. The first-order valence-electron chi connectivity index (χ1n) is 6.04. The number of nitrogens with one attached hydrogen (secondary N) is 2. The minimum absolute atomic E-state index is 0.121. The summed E-state index contributed by atoms with van der Waals surface area (Å²) in [4.78, 5) is 10.8. The van der Waals surface area contributed by atoms with Gasteiger partial charge in [-0.2, -0.15) is 0 Å². The molecule has 0 aromatic heterocycles. The molecule has 1 rings (SSSR count). The summed E-state index contributed by atoms with van der Waals surface area (Å²) in [6.45, 7) is 3.80. The summed E-state index contributed by atoms with van der Waals surface area (Å²) in [6, 6.07) is 3.22. The molecule has 0 aliphatic rings. The molecule has 0 atom stereocenters. The maximum absolute atomic E-state index is 13.5. The number of amides is 1. The highest BCUT2D eigenvalue weighted by atomic mass is 32.2. The molecule has 0 aliphatic carbocycles. The number of carbonyl (C=O) groups is 1. The molecule has 20 heavy (non-hydrogen) atoms. The Kier molecular flexibility index (Phi) is 5.46. The molecule has 0 heterocycles. The van der Waals surface area contributed by atoms with Gasteiger partial charge in [-0.25, -0.2) is 17.5 Å². The van der Waals surface area contributed by atoms with Crippen molar-refractivity contribution in [1.82, 2.24) is 10.0 Å². The predicted molar refractivity (Wildman–Crippen MR) is 73.8 cm³/mol. The number of benzene rings is 1. The van der Waals surface area contributed by atoms with Crippen LogP contribution in [-0.2, 0) is 14.8 Å². The zero-order chi connectivity index (χ0) is 15.3. The monoisotopic (exact) mass is 303 g/mol. The first-order chi connectivity index (χ1) is 9.22. The third kappa shape index (κ3) is 4.78. The topological polar surface area (TPSA) is 101 Å². The number of sulfonamides is 1. The number of nitrogen functional groups attached to an aromatic ring is 1. The molecule has 4 N–H and O–H groups in total. The number of halogens is 1. The van der Waals surface area contributed by atoms with Crippen LogP contribution in [-0.4, -0.2) is 27.4 Å². The highest BCUT2D eigenvalue weighted by molar-refractivity contribution is 7.89. The van der Waals surface area contributed by atoms with E-state index in [0.29, 0.717) is 6.54 Å². The Morgan fingerprint density at radius 1 is 1.40 bits per heavy atom. The van der Waals surface area contributed by atoms with Crippen LogP contribution in [0.15, 0.2) is 23.1 Å². The summed E-state index contributed by atoms with van der Waals surface area (Å²) in [6.07, 6.45) is 0. The summed E-state index contributed by atoms with van der Waals surface area (Å²) in [7, 11) is -4.11. The van der Waals surface area contributed by atoms with Gasteiger partial charge in [-0.15, -0.1) is 0 Å². The lowest BCUT2D eigenvalue weighted by Crippen LogP contribution is -2.38. The van der Waals surface area contributed by atoms with Crippen molar-refractivity contribution in [3.8, 4) is 0 Å². The van der Waals surface area contributed by atoms with E-state index in [9.17, 15) is 17.6 Å². The van der Waals surface area contributed by atoms with Gasteiger partial charge in [0.25, 0.3) is 0 Å². The van der Waals surface area contributed by atoms with Gasteiger partial charge >= 0.3 is 0 Å². The largest absolute Gasteiger partial charge is 0.399 e. The number of anilines is 1. The molecule has 1 amide bonds. The third-order valence-electron chi connectivity index (χ3n) is 2.38. The molecule has 1 aromatic rings. The van der Waals surface area contributed by atoms with E-state index >= 15 is 0 Å². The molecule has 112 valence electrons. The van der Waals surface area contributed by atoms with Gasteiger partial charge in [-0.1, -0.05) is 13.8 Å². The fourth-order valence-corrected chi connectivity index (χ4v) is 2.44. The molecule has 0 radical (unpaired) electrons. The SMILES string of the molecule is CC(C)CNC(=O)CNS(=O)(=O)c1cc(N)ccc1F. The van der Waals surface area contributed by atoms with E-state index in [-0.39, 0.29) is 11.6 Å². The van der Waals surface area contributed by atoms with E-state index < -0.39 is 33.2 Å². The van der Waals surface area contributed by atoms with Gasteiger partial charge in [-0.3, -0.25) is 4.79 Å². The molecule has 0 spiro atoms. The van der Waals surface area contributed by atoms with Crippen LogP contribution in [0.25, 0.3) is 0 Å².